The van der Waals surface area contributed by atoms with Crippen LogP contribution in [0.2, 0.25) is 0 Å². The number of pyridine rings is 1. The molecule has 4 heteroatoms. The summed E-state index contributed by atoms with van der Waals surface area (Å²) in [7, 11) is 0. The van der Waals surface area contributed by atoms with Crippen LogP contribution >= 0.6 is 11.3 Å². The van der Waals surface area contributed by atoms with Gasteiger partial charge in [-0.05, 0) is 23.1 Å². The van der Waals surface area contributed by atoms with Crippen LogP contribution in [0.1, 0.15) is 10.4 Å². The number of aromatic nitrogens is 1. The molecule has 1 N–H and O–H groups in total. The Balaban J connectivity index is 2.21. The summed E-state index contributed by atoms with van der Waals surface area (Å²) in [5.74, 6) is -0.889. The SMILES string of the molecule is O=C(O)c1csc(-c2cccc3cnccc23)c1. The van der Waals surface area contributed by atoms with Gasteiger partial charge in [-0.15, -0.1) is 11.3 Å². The molecule has 2 heterocycles. The summed E-state index contributed by atoms with van der Waals surface area (Å²) in [6.45, 7) is 0. The zero-order valence-electron chi connectivity index (χ0n) is 9.33. The molecule has 0 radical (unpaired) electrons. The van der Waals surface area contributed by atoms with E-state index in [9.17, 15) is 4.79 Å². The maximum atomic E-state index is 10.9. The Morgan fingerprint density at radius 2 is 2.17 bits per heavy atom. The van der Waals surface area contributed by atoms with Crippen LogP contribution < -0.4 is 0 Å². The van der Waals surface area contributed by atoms with Gasteiger partial charge in [-0.3, -0.25) is 4.98 Å². The number of rotatable bonds is 2. The first-order valence-corrected chi connectivity index (χ1v) is 6.28. The van der Waals surface area contributed by atoms with Gasteiger partial charge in [-0.25, -0.2) is 4.79 Å². The maximum Gasteiger partial charge on any atom is 0.336 e. The minimum absolute atomic E-state index is 0.334. The summed E-state index contributed by atoms with van der Waals surface area (Å²) in [5, 5.41) is 12.8. The summed E-state index contributed by atoms with van der Waals surface area (Å²) in [5.41, 5.74) is 1.38. The summed E-state index contributed by atoms with van der Waals surface area (Å²) in [6.07, 6.45) is 3.56. The van der Waals surface area contributed by atoms with Gasteiger partial charge in [-0.1, -0.05) is 18.2 Å². The van der Waals surface area contributed by atoms with Crippen LogP contribution in [-0.2, 0) is 0 Å². The Morgan fingerprint density at radius 1 is 1.28 bits per heavy atom. The van der Waals surface area contributed by atoms with Crippen molar-refractivity contribution in [2.75, 3.05) is 0 Å². The predicted octanol–water partition coefficient (Wildman–Crippen LogP) is 3.66. The molecule has 3 aromatic rings. The molecule has 0 aliphatic heterocycles. The molecule has 2 aromatic heterocycles. The zero-order chi connectivity index (χ0) is 12.5. The summed E-state index contributed by atoms with van der Waals surface area (Å²) < 4.78 is 0. The molecule has 0 bridgehead atoms. The highest BCUT2D eigenvalue weighted by molar-refractivity contribution is 7.14. The number of carboxylic acids is 1. The third-order valence-corrected chi connectivity index (χ3v) is 3.76. The monoisotopic (exact) mass is 255 g/mol. The van der Waals surface area contributed by atoms with Crippen LogP contribution in [0.25, 0.3) is 21.2 Å². The number of hydrogen-bond acceptors (Lipinski definition) is 3. The summed E-state index contributed by atoms with van der Waals surface area (Å²) in [4.78, 5) is 16.0. The Hall–Kier alpha value is -2.20. The van der Waals surface area contributed by atoms with Crippen molar-refractivity contribution in [2.24, 2.45) is 0 Å². The number of thiophene rings is 1. The quantitative estimate of drug-likeness (QED) is 0.760. The largest absolute Gasteiger partial charge is 0.478 e. The molecule has 88 valence electrons. The molecule has 0 aliphatic carbocycles. The van der Waals surface area contributed by atoms with E-state index < -0.39 is 5.97 Å². The van der Waals surface area contributed by atoms with E-state index in [1.165, 1.54) is 11.3 Å². The molecular formula is C14H9NO2S. The molecule has 0 aliphatic rings. The van der Waals surface area contributed by atoms with Crippen molar-refractivity contribution in [3.8, 4) is 10.4 Å². The van der Waals surface area contributed by atoms with Crippen LogP contribution in [0.3, 0.4) is 0 Å². The van der Waals surface area contributed by atoms with Crippen LogP contribution in [-0.4, -0.2) is 16.1 Å². The molecule has 3 nitrogen and oxygen atoms in total. The molecule has 0 atom stereocenters. The van der Waals surface area contributed by atoms with Gasteiger partial charge < -0.3 is 5.11 Å². The molecule has 0 saturated carbocycles. The average molecular weight is 255 g/mol. The highest BCUT2D eigenvalue weighted by atomic mass is 32.1. The van der Waals surface area contributed by atoms with E-state index >= 15 is 0 Å². The van der Waals surface area contributed by atoms with Crippen LogP contribution in [0.4, 0.5) is 0 Å². The van der Waals surface area contributed by atoms with Gasteiger partial charge in [0.05, 0.1) is 5.56 Å². The van der Waals surface area contributed by atoms with Crippen molar-refractivity contribution >= 4 is 28.1 Å². The highest BCUT2D eigenvalue weighted by Crippen LogP contribution is 2.32. The number of hydrogen-bond donors (Lipinski definition) is 1. The van der Waals surface area contributed by atoms with Gasteiger partial charge in [0.25, 0.3) is 0 Å². The average Bonchev–Trinajstić information content (AvgIpc) is 2.87. The lowest BCUT2D eigenvalue weighted by Crippen LogP contribution is -1.91. The molecular weight excluding hydrogens is 246 g/mol. The third-order valence-electron chi connectivity index (χ3n) is 2.79. The molecule has 1 aromatic carbocycles. The smallest absolute Gasteiger partial charge is 0.336 e. The molecule has 0 unspecified atom stereocenters. The van der Waals surface area contributed by atoms with Gasteiger partial charge in [0.2, 0.25) is 0 Å². The second-order valence-electron chi connectivity index (χ2n) is 3.91. The molecule has 3 rings (SSSR count). The Bertz CT molecular complexity index is 728. The molecule has 18 heavy (non-hydrogen) atoms. The van der Waals surface area contributed by atoms with Crippen molar-refractivity contribution in [3.05, 3.63) is 53.7 Å². The molecule has 0 spiro atoms. The standard InChI is InChI=1S/C14H9NO2S/c16-14(17)10-6-13(18-8-10)12-3-1-2-9-7-15-5-4-11(9)12/h1-8H,(H,16,17). The van der Waals surface area contributed by atoms with E-state index in [1.54, 1.807) is 17.6 Å². The van der Waals surface area contributed by atoms with Gasteiger partial charge in [0.15, 0.2) is 0 Å². The van der Waals surface area contributed by atoms with E-state index in [0.29, 0.717) is 5.56 Å². The fraction of sp³-hybridized carbons (Fsp3) is 0. The number of aromatic carboxylic acids is 1. The Kier molecular flexibility index (Phi) is 2.57. The number of carboxylic acid groups (broad SMARTS) is 1. The summed E-state index contributed by atoms with van der Waals surface area (Å²) in [6, 6.07) is 9.61. The van der Waals surface area contributed by atoms with Crippen molar-refractivity contribution < 1.29 is 9.90 Å². The van der Waals surface area contributed by atoms with Crippen LogP contribution in [0.15, 0.2) is 48.1 Å². The fourth-order valence-corrected chi connectivity index (χ4v) is 2.85. The first-order valence-electron chi connectivity index (χ1n) is 5.40. The maximum absolute atomic E-state index is 10.9. The van der Waals surface area contributed by atoms with E-state index in [-0.39, 0.29) is 0 Å². The zero-order valence-corrected chi connectivity index (χ0v) is 10.1. The minimum atomic E-state index is -0.889. The van der Waals surface area contributed by atoms with E-state index in [0.717, 1.165) is 21.2 Å². The van der Waals surface area contributed by atoms with Gasteiger partial charge in [-0.2, -0.15) is 0 Å². The number of fused-ring (bicyclic) bond motifs is 1. The lowest BCUT2D eigenvalue weighted by atomic mass is 10.1. The second kappa shape index (κ2) is 4.23. The lowest BCUT2D eigenvalue weighted by Gasteiger charge is -2.03. The Morgan fingerprint density at radius 3 is 2.94 bits per heavy atom. The van der Waals surface area contributed by atoms with Crippen LogP contribution in [0.5, 0.6) is 0 Å². The normalized spacial score (nSPS) is 10.7. The minimum Gasteiger partial charge on any atom is -0.478 e. The number of nitrogens with zero attached hydrogens (tertiary/aromatic N) is 1. The van der Waals surface area contributed by atoms with E-state index in [1.807, 2.05) is 30.5 Å². The first kappa shape index (κ1) is 10.9. The second-order valence-corrected chi connectivity index (χ2v) is 4.82. The predicted molar refractivity (Wildman–Crippen MR) is 72.0 cm³/mol. The van der Waals surface area contributed by atoms with E-state index in [4.69, 9.17) is 5.11 Å². The van der Waals surface area contributed by atoms with Crippen molar-refractivity contribution in [1.29, 1.82) is 0 Å². The third kappa shape index (κ3) is 1.76. The van der Waals surface area contributed by atoms with Crippen molar-refractivity contribution in [2.45, 2.75) is 0 Å². The van der Waals surface area contributed by atoms with Gasteiger partial charge in [0.1, 0.15) is 0 Å². The molecule has 0 fully saturated rings. The molecule has 0 amide bonds. The van der Waals surface area contributed by atoms with Crippen LogP contribution in [0, 0.1) is 0 Å². The van der Waals surface area contributed by atoms with Gasteiger partial charge >= 0.3 is 5.97 Å². The number of benzene rings is 1. The summed E-state index contributed by atoms with van der Waals surface area (Å²) >= 11 is 1.44. The first-order chi connectivity index (χ1) is 8.75. The topological polar surface area (TPSA) is 50.2 Å². The van der Waals surface area contributed by atoms with E-state index in [2.05, 4.69) is 4.98 Å². The lowest BCUT2D eigenvalue weighted by molar-refractivity contribution is 0.0697. The van der Waals surface area contributed by atoms with Gasteiger partial charge in [0, 0.05) is 28.0 Å². The fourth-order valence-electron chi connectivity index (χ4n) is 1.93. The highest BCUT2D eigenvalue weighted by Gasteiger charge is 2.10. The van der Waals surface area contributed by atoms with Crippen molar-refractivity contribution in [3.63, 3.8) is 0 Å². The molecule has 0 saturated heterocycles. The van der Waals surface area contributed by atoms with Crippen molar-refractivity contribution in [1.82, 2.24) is 4.98 Å². The number of carbonyl (C=O) groups is 1. The Labute approximate surface area is 107 Å².